The third-order valence-corrected chi connectivity index (χ3v) is 4.25. The first kappa shape index (κ1) is 17.5. The highest BCUT2D eigenvalue weighted by Gasteiger charge is 2.20. The molecule has 8 nitrogen and oxygen atoms in total. The number of aromatic nitrogens is 5. The van der Waals surface area contributed by atoms with Gasteiger partial charge in [-0.25, -0.2) is 9.78 Å². The first-order valence-electron chi connectivity index (χ1n) is 8.62. The molecule has 0 bridgehead atoms. The molecule has 0 radical (unpaired) electrons. The average molecular weight is 374 g/mol. The number of nitrogens with zero attached hydrogens (tertiary/aromatic N) is 4. The van der Waals surface area contributed by atoms with Crippen molar-refractivity contribution in [2.45, 2.75) is 6.92 Å². The number of H-pyrrole nitrogens is 1. The molecule has 1 amide bonds. The topological polar surface area (TPSA) is 97.7 Å². The molecule has 0 aliphatic heterocycles. The van der Waals surface area contributed by atoms with Crippen molar-refractivity contribution in [3.63, 3.8) is 0 Å². The molecule has 0 spiro atoms. The standard InChI is InChI=1S/C20H18N6O2/c1-13-6-8-15(9-7-13)26-11-17(19(27)23-20-21-12-22-24-20)18(25-26)14-4-3-5-16(10-14)28-2/h3-12H,1-2H3,(H2,21,22,23,24,27). The highest BCUT2D eigenvalue weighted by Crippen LogP contribution is 2.27. The fourth-order valence-corrected chi connectivity index (χ4v) is 2.79. The second-order valence-electron chi connectivity index (χ2n) is 6.19. The summed E-state index contributed by atoms with van der Waals surface area (Å²) >= 11 is 0. The van der Waals surface area contributed by atoms with E-state index in [0.717, 1.165) is 16.8 Å². The first-order valence-corrected chi connectivity index (χ1v) is 8.62. The first-order chi connectivity index (χ1) is 13.6. The minimum Gasteiger partial charge on any atom is -0.497 e. The lowest BCUT2D eigenvalue weighted by Gasteiger charge is -2.05. The Morgan fingerprint density at radius 3 is 2.71 bits per heavy atom. The van der Waals surface area contributed by atoms with Crippen LogP contribution >= 0.6 is 0 Å². The predicted octanol–water partition coefficient (Wildman–Crippen LogP) is 3.23. The number of nitrogens with one attached hydrogen (secondary N) is 2. The summed E-state index contributed by atoms with van der Waals surface area (Å²) in [5.74, 6) is 0.613. The van der Waals surface area contributed by atoms with E-state index in [1.807, 2.05) is 55.5 Å². The lowest BCUT2D eigenvalue weighted by Crippen LogP contribution is -2.13. The van der Waals surface area contributed by atoms with Crippen molar-refractivity contribution < 1.29 is 9.53 Å². The van der Waals surface area contributed by atoms with E-state index in [1.165, 1.54) is 6.33 Å². The van der Waals surface area contributed by atoms with E-state index < -0.39 is 0 Å². The van der Waals surface area contributed by atoms with Gasteiger partial charge < -0.3 is 4.74 Å². The third-order valence-electron chi connectivity index (χ3n) is 4.25. The maximum Gasteiger partial charge on any atom is 0.261 e. The van der Waals surface area contributed by atoms with Crippen molar-refractivity contribution in [2.75, 3.05) is 12.4 Å². The number of ether oxygens (including phenoxy) is 1. The van der Waals surface area contributed by atoms with Gasteiger partial charge in [0, 0.05) is 11.8 Å². The van der Waals surface area contributed by atoms with Crippen LogP contribution < -0.4 is 10.1 Å². The van der Waals surface area contributed by atoms with Gasteiger partial charge in [-0.15, -0.1) is 0 Å². The lowest BCUT2D eigenvalue weighted by atomic mass is 10.1. The zero-order chi connectivity index (χ0) is 19.5. The number of aromatic amines is 1. The largest absolute Gasteiger partial charge is 0.497 e. The second-order valence-corrected chi connectivity index (χ2v) is 6.19. The molecule has 0 atom stereocenters. The number of hydrogen-bond acceptors (Lipinski definition) is 5. The number of anilines is 1. The Morgan fingerprint density at radius 2 is 2.00 bits per heavy atom. The maximum atomic E-state index is 12.9. The maximum absolute atomic E-state index is 12.9. The van der Waals surface area contributed by atoms with Crippen LogP contribution in [0.15, 0.2) is 61.1 Å². The average Bonchev–Trinajstić information content (AvgIpc) is 3.38. The molecular formula is C20H18N6O2. The van der Waals surface area contributed by atoms with Crippen molar-refractivity contribution in [1.82, 2.24) is 25.0 Å². The number of carbonyl (C=O) groups is 1. The molecule has 0 fully saturated rings. The Hall–Kier alpha value is -3.94. The Kier molecular flexibility index (Phi) is 4.59. The number of carbonyl (C=O) groups excluding carboxylic acids is 1. The molecule has 28 heavy (non-hydrogen) atoms. The fourth-order valence-electron chi connectivity index (χ4n) is 2.79. The fraction of sp³-hybridized carbons (Fsp3) is 0.100. The Morgan fingerprint density at radius 1 is 1.18 bits per heavy atom. The monoisotopic (exact) mass is 374 g/mol. The summed E-state index contributed by atoms with van der Waals surface area (Å²) in [6, 6.07) is 15.3. The van der Waals surface area contributed by atoms with Crippen molar-refractivity contribution in [3.8, 4) is 22.7 Å². The summed E-state index contributed by atoms with van der Waals surface area (Å²) in [6.45, 7) is 2.02. The summed E-state index contributed by atoms with van der Waals surface area (Å²) in [6.07, 6.45) is 3.03. The van der Waals surface area contributed by atoms with E-state index in [9.17, 15) is 4.79 Å². The highest BCUT2D eigenvalue weighted by molar-refractivity contribution is 6.07. The summed E-state index contributed by atoms with van der Waals surface area (Å²) < 4.78 is 6.99. The van der Waals surface area contributed by atoms with Crippen LogP contribution in [0.3, 0.4) is 0 Å². The molecule has 2 N–H and O–H groups in total. The number of aryl methyl sites for hydroxylation is 1. The molecule has 2 aromatic heterocycles. The molecule has 4 aromatic rings. The van der Waals surface area contributed by atoms with E-state index in [2.05, 4.69) is 25.6 Å². The van der Waals surface area contributed by atoms with E-state index in [4.69, 9.17) is 4.74 Å². The molecular weight excluding hydrogens is 356 g/mol. The number of rotatable bonds is 5. The van der Waals surface area contributed by atoms with Crippen molar-refractivity contribution in [2.24, 2.45) is 0 Å². The SMILES string of the molecule is COc1cccc(-c2nn(-c3ccc(C)cc3)cc2C(=O)Nc2ncn[nH]2)c1. The minimum atomic E-state index is -0.340. The van der Waals surface area contributed by atoms with Gasteiger partial charge in [0.25, 0.3) is 5.91 Å². The number of benzene rings is 2. The van der Waals surface area contributed by atoms with Crippen molar-refractivity contribution in [1.29, 1.82) is 0 Å². The van der Waals surface area contributed by atoms with E-state index >= 15 is 0 Å². The third kappa shape index (κ3) is 3.48. The van der Waals surface area contributed by atoms with Crippen LogP contribution in [0.1, 0.15) is 15.9 Å². The molecule has 140 valence electrons. The number of amides is 1. The normalized spacial score (nSPS) is 10.6. The van der Waals surface area contributed by atoms with Gasteiger partial charge >= 0.3 is 0 Å². The van der Waals surface area contributed by atoms with Crippen molar-refractivity contribution in [3.05, 3.63) is 72.2 Å². The number of hydrogen-bond donors (Lipinski definition) is 2. The summed E-state index contributed by atoms with van der Waals surface area (Å²) in [5, 5.41) is 13.7. The van der Waals surface area contributed by atoms with Crippen LogP contribution in [0.5, 0.6) is 5.75 Å². The molecule has 4 rings (SSSR count). The molecule has 0 saturated carbocycles. The van der Waals surface area contributed by atoms with Gasteiger partial charge in [0.05, 0.1) is 18.4 Å². The van der Waals surface area contributed by atoms with Crippen LogP contribution in [0.25, 0.3) is 16.9 Å². The van der Waals surface area contributed by atoms with E-state index in [-0.39, 0.29) is 11.9 Å². The summed E-state index contributed by atoms with van der Waals surface area (Å²) in [4.78, 5) is 16.8. The Labute approximate surface area is 161 Å². The van der Waals surface area contributed by atoms with Crippen LogP contribution in [-0.4, -0.2) is 38.0 Å². The van der Waals surface area contributed by atoms with E-state index in [1.54, 1.807) is 18.0 Å². The quantitative estimate of drug-likeness (QED) is 0.559. The van der Waals surface area contributed by atoms with Crippen LogP contribution in [0.2, 0.25) is 0 Å². The van der Waals surface area contributed by atoms with Crippen LogP contribution in [0, 0.1) is 6.92 Å². The number of methoxy groups -OCH3 is 1. The smallest absolute Gasteiger partial charge is 0.261 e. The molecule has 0 aliphatic rings. The lowest BCUT2D eigenvalue weighted by molar-refractivity contribution is 0.102. The molecule has 0 saturated heterocycles. The highest BCUT2D eigenvalue weighted by atomic mass is 16.5. The van der Waals surface area contributed by atoms with Gasteiger partial charge in [-0.3, -0.25) is 10.1 Å². The predicted molar refractivity (Wildman–Crippen MR) is 105 cm³/mol. The molecule has 2 heterocycles. The van der Waals surface area contributed by atoms with E-state index in [0.29, 0.717) is 17.0 Å². The molecule has 0 unspecified atom stereocenters. The van der Waals surface area contributed by atoms with Crippen molar-refractivity contribution >= 4 is 11.9 Å². The van der Waals surface area contributed by atoms with Gasteiger partial charge in [-0.1, -0.05) is 29.8 Å². The minimum absolute atomic E-state index is 0.268. The molecule has 8 heteroatoms. The van der Waals surface area contributed by atoms with Gasteiger partial charge in [-0.2, -0.15) is 15.2 Å². The van der Waals surface area contributed by atoms with Crippen LogP contribution in [-0.2, 0) is 0 Å². The summed E-state index contributed by atoms with van der Waals surface area (Å²) in [7, 11) is 1.60. The molecule has 0 aliphatic carbocycles. The Bertz CT molecular complexity index is 1100. The zero-order valence-corrected chi connectivity index (χ0v) is 15.4. The van der Waals surface area contributed by atoms with Gasteiger partial charge in [0.1, 0.15) is 17.8 Å². The Balaban J connectivity index is 1.79. The van der Waals surface area contributed by atoms with Crippen LogP contribution in [0.4, 0.5) is 5.95 Å². The van der Waals surface area contributed by atoms with Gasteiger partial charge in [0.15, 0.2) is 0 Å². The van der Waals surface area contributed by atoms with Gasteiger partial charge in [-0.05, 0) is 31.2 Å². The van der Waals surface area contributed by atoms with Gasteiger partial charge in [0.2, 0.25) is 5.95 Å². The summed E-state index contributed by atoms with van der Waals surface area (Å²) in [5.41, 5.74) is 3.72. The second kappa shape index (κ2) is 7.36. The molecule has 2 aromatic carbocycles. The zero-order valence-electron chi connectivity index (χ0n) is 15.4.